The number of carbonyl (C=O) groups is 2. The van der Waals surface area contributed by atoms with Gasteiger partial charge in [0.1, 0.15) is 0 Å². The number of rotatable bonds is 7. The number of benzene rings is 1. The second-order valence-corrected chi connectivity index (χ2v) is 6.23. The van der Waals surface area contributed by atoms with Gasteiger partial charge in [-0.2, -0.15) is 0 Å². The van der Waals surface area contributed by atoms with E-state index in [2.05, 4.69) is 4.72 Å². The third kappa shape index (κ3) is 5.16. The summed E-state index contributed by atoms with van der Waals surface area (Å²) in [6.45, 7) is 1.47. The van der Waals surface area contributed by atoms with Crippen LogP contribution in [0.25, 0.3) is 0 Å². The normalized spacial score (nSPS) is 11.1. The van der Waals surface area contributed by atoms with Gasteiger partial charge in [0.15, 0.2) is 0 Å². The van der Waals surface area contributed by atoms with E-state index < -0.39 is 16.0 Å². The summed E-state index contributed by atoms with van der Waals surface area (Å²) in [6.07, 6.45) is 0.130. The fraction of sp³-hybridized carbons (Fsp3) is 0.385. The Morgan fingerprint density at radius 1 is 1.24 bits per heavy atom. The van der Waals surface area contributed by atoms with Gasteiger partial charge in [-0.1, -0.05) is 0 Å². The number of carboxylic acid groups (broad SMARTS) is 1. The van der Waals surface area contributed by atoms with Crippen molar-refractivity contribution in [2.75, 3.05) is 18.5 Å². The summed E-state index contributed by atoms with van der Waals surface area (Å²) in [7, 11) is -2.07. The molecular formula is C13H18N2O5S. The van der Waals surface area contributed by atoms with Gasteiger partial charge < -0.3 is 10.0 Å². The van der Waals surface area contributed by atoms with Crippen LogP contribution < -0.4 is 9.62 Å². The number of amides is 1. The van der Waals surface area contributed by atoms with E-state index in [0.29, 0.717) is 5.69 Å². The summed E-state index contributed by atoms with van der Waals surface area (Å²) < 4.78 is 26.2. The molecule has 0 aromatic heterocycles. The van der Waals surface area contributed by atoms with Gasteiger partial charge in [0.05, 0.1) is 4.90 Å². The average molecular weight is 314 g/mol. The van der Waals surface area contributed by atoms with Crippen LogP contribution in [0.15, 0.2) is 29.2 Å². The molecule has 0 aliphatic heterocycles. The maximum Gasteiger partial charge on any atom is 0.303 e. The lowest BCUT2D eigenvalue weighted by atomic mass is 10.3. The molecule has 1 rings (SSSR count). The van der Waals surface area contributed by atoms with Crippen molar-refractivity contribution >= 4 is 27.6 Å². The molecule has 0 spiro atoms. The lowest BCUT2D eigenvalue weighted by molar-refractivity contribution is -0.137. The summed E-state index contributed by atoms with van der Waals surface area (Å²) in [4.78, 5) is 23.0. The predicted octanol–water partition coefficient (Wildman–Crippen LogP) is 0.812. The largest absolute Gasteiger partial charge is 0.481 e. The van der Waals surface area contributed by atoms with Crippen LogP contribution in [0.5, 0.6) is 0 Å². The summed E-state index contributed by atoms with van der Waals surface area (Å²) in [5.41, 5.74) is 0.590. The molecule has 0 unspecified atom stereocenters. The number of nitrogens with zero attached hydrogens (tertiary/aromatic N) is 1. The number of nitrogens with one attached hydrogen (secondary N) is 1. The molecule has 1 aromatic carbocycles. The van der Waals surface area contributed by atoms with Gasteiger partial charge in [-0.3, -0.25) is 9.59 Å². The van der Waals surface area contributed by atoms with Crippen LogP contribution in [0.4, 0.5) is 5.69 Å². The van der Waals surface area contributed by atoms with E-state index in [-0.39, 0.29) is 30.2 Å². The number of carboxylic acids is 1. The molecule has 0 aliphatic carbocycles. The van der Waals surface area contributed by atoms with Crippen molar-refractivity contribution in [3.63, 3.8) is 0 Å². The molecule has 1 aromatic rings. The van der Waals surface area contributed by atoms with Gasteiger partial charge in [0, 0.05) is 32.6 Å². The second kappa shape index (κ2) is 7.19. The van der Waals surface area contributed by atoms with Crippen molar-refractivity contribution in [1.29, 1.82) is 0 Å². The molecule has 0 radical (unpaired) electrons. The minimum Gasteiger partial charge on any atom is -0.481 e. The van der Waals surface area contributed by atoms with Crippen LogP contribution in [0.1, 0.15) is 19.8 Å². The number of hydrogen-bond donors (Lipinski definition) is 2. The number of aliphatic carboxylic acids is 1. The molecule has 21 heavy (non-hydrogen) atoms. The molecule has 0 bridgehead atoms. The molecule has 0 saturated heterocycles. The molecule has 0 atom stereocenters. The maximum atomic E-state index is 12.0. The van der Waals surface area contributed by atoms with Crippen molar-refractivity contribution < 1.29 is 23.1 Å². The first-order valence-corrected chi connectivity index (χ1v) is 7.78. The monoisotopic (exact) mass is 314 g/mol. The summed E-state index contributed by atoms with van der Waals surface area (Å²) in [5, 5.41) is 8.48. The zero-order chi connectivity index (χ0) is 16.0. The Bertz CT molecular complexity index is 610. The van der Waals surface area contributed by atoms with Crippen molar-refractivity contribution in [3.05, 3.63) is 24.3 Å². The van der Waals surface area contributed by atoms with E-state index in [1.165, 1.54) is 36.1 Å². The third-order valence-electron chi connectivity index (χ3n) is 2.87. The highest BCUT2D eigenvalue weighted by atomic mass is 32.2. The molecule has 1 amide bonds. The number of carbonyl (C=O) groups excluding carboxylic acids is 1. The van der Waals surface area contributed by atoms with Gasteiger partial charge >= 0.3 is 5.97 Å². The molecule has 8 heteroatoms. The lowest BCUT2D eigenvalue weighted by Crippen LogP contribution is -2.26. The van der Waals surface area contributed by atoms with Crippen LogP contribution in [0.2, 0.25) is 0 Å². The molecule has 7 nitrogen and oxygen atoms in total. The number of anilines is 1. The van der Waals surface area contributed by atoms with Crippen LogP contribution in [0.3, 0.4) is 0 Å². The summed E-state index contributed by atoms with van der Waals surface area (Å²) >= 11 is 0. The highest BCUT2D eigenvalue weighted by Crippen LogP contribution is 2.17. The first-order valence-electron chi connectivity index (χ1n) is 6.30. The number of sulfonamides is 1. The highest BCUT2D eigenvalue weighted by molar-refractivity contribution is 7.89. The van der Waals surface area contributed by atoms with E-state index in [1.807, 2.05) is 0 Å². The average Bonchev–Trinajstić information content (AvgIpc) is 2.42. The zero-order valence-electron chi connectivity index (χ0n) is 11.9. The minimum atomic E-state index is -3.67. The van der Waals surface area contributed by atoms with Gasteiger partial charge in [-0.15, -0.1) is 0 Å². The highest BCUT2D eigenvalue weighted by Gasteiger charge is 2.14. The summed E-state index contributed by atoms with van der Waals surface area (Å²) in [6, 6.07) is 5.86. The van der Waals surface area contributed by atoms with E-state index in [1.54, 1.807) is 7.05 Å². The predicted molar refractivity (Wildman–Crippen MR) is 77.6 cm³/mol. The van der Waals surface area contributed by atoms with E-state index in [4.69, 9.17) is 5.11 Å². The third-order valence-corrected chi connectivity index (χ3v) is 4.34. The van der Waals surface area contributed by atoms with Crippen molar-refractivity contribution in [2.45, 2.75) is 24.7 Å². The van der Waals surface area contributed by atoms with Gasteiger partial charge in [0.25, 0.3) is 0 Å². The standard InChI is InChI=1S/C13H18N2O5S/c1-10(16)15(2)11-5-7-12(8-6-11)21(19,20)14-9-3-4-13(17)18/h5-8,14H,3-4,9H2,1-2H3,(H,17,18). The zero-order valence-corrected chi connectivity index (χ0v) is 12.7. The topological polar surface area (TPSA) is 104 Å². The second-order valence-electron chi connectivity index (χ2n) is 4.47. The first-order chi connectivity index (χ1) is 9.74. The van der Waals surface area contributed by atoms with Crippen molar-refractivity contribution in [3.8, 4) is 0 Å². The first kappa shape index (κ1) is 17.1. The lowest BCUT2D eigenvalue weighted by Gasteiger charge is -2.15. The van der Waals surface area contributed by atoms with Crippen molar-refractivity contribution in [1.82, 2.24) is 4.72 Å². The van der Waals surface area contributed by atoms with Crippen LogP contribution in [-0.2, 0) is 19.6 Å². The van der Waals surface area contributed by atoms with Crippen LogP contribution in [-0.4, -0.2) is 39.0 Å². The molecule has 2 N–H and O–H groups in total. The molecule has 116 valence electrons. The van der Waals surface area contributed by atoms with E-state index in [9.17, 15) is 18.0 Å². The van der Waals surface area contributed by atoms with E-state index in [0.717, 1.165) is 0 Å². The van der Waals surface area contributed by atoms with Crippen LogP contribution in [0, 0.1) is 0 Å². The molecule has 0 saturated carbocycles. The fourth-order valence-corrected chi connectivity index (χ4v) is 2.63. The maximum absolute atomic E-state index is 12.0. The van der Waals surface area contributed by atoms with Gasteiger partial charge in [0.2, 0.25) is 15.9 Å². The smallest absolute Gasteiger partial charge is 0.303 e. The Hall–Kier alpha value is -1.93. The molecule has 0 heterocycles. The summed E-state index contributed by atoms with van der Waals surface area (Å²) in [5.74, 6) is -1.12. The van der Waals surface area contributed by atoms with E-state index >= 15 is 0 Å². The Labute approximate surface area is 123 Å². The molecular weight excluding hydrogens is 296 g/mol. The Morgan fingerprint density at radius 3 is 2.29 bits per heavy atom. The molecule has 0 fully saturated rings. The quantitative estimate of drug-likeness (QED) is 0.725. The Balaban J connectivity index is 2.71. The Kier molecular flexibility index (Phi) is 5.86. The minimum absolute atomic E-state index is 0.0593. The van der Waals surface area contributed by atoms with Crippen LogP contribution >= 0.6 is 0 Å². The fourth-order valence-electron chi connectivity index (χ4n) is 1.56. The van der Waals surface area contributed by atoms with Crippen molar-refractivity contribution in [2.24, 2.45) is 0 Å². The SMILES string of the molecule is CC(=O)N(C)c1ccc(S(=O)(=O)NCCCC(=O)O)cc1. The Morgan fingerprint density at radius 2 is 1.81 bits per heavy atom. The van der Waals surface area contributed by atoms with Gasteiger partial charge in [-0.25, -0.2) is 13.1 Å². The molecule has 0 aliphatic rings. The number of hydrogen-bond acceptors (Lipinski definition) is 4. The van der Waals surface area contributed by atoms with Gasteiger partial charge in [-0.05, 0) is 30.7 Å².